The number of benzene rings is 1. The summed E-state index contributed by atoms with van der Waals surface area (Å²) < 4.78 is 11.7. The van der Waals surface area contributed by atoms with Gasteiger partial charge in [0.2, 0.25) is 0 Å². The van der Waals surface area contributed by atoms with Crippen molar-refractivity contribution in [3.05, 3.63) is 38.2 Å². The minimum Gasteiger partial charge on any atom is -0.493 e. The largest absolute Gasteiger partial charge is 0.493 e. The van der Waals surface area contributed by atoms with Gasteiger partial charge in [-0.15, -0.1) is 11.3 Å². The van der Waals surface area contributed by atoms with Crippen LogP contribution in [-0.4, -0.2) is 20.1 Å². The Morgan fingerprint density at radius 3 is 2.67 bits per heavy atom. The number of methoxy groups -OCH3 is 2. The van der Waals surface area contributed by atoms with Gasteiger partial charge in [-0.25, -0.2) is 0 Å². The first-order chi connectivity index (χ1) is 14.3. The molecule has 2 atom stereocenters. The molecular weight excluding hydrogens is 464 g/mol. The lowest BCUT2D eigenvalue weighted by Crippen LogP contribution is -2.38. The van der Waals surface area contributed by atoms with E-state index in [-0.39, 0.29) is 12.1 Å². The Kier molecular flexibility index (Phi) is 5.79. The molecule has 5 nitrogen and oxygen atoms in total. The van der Waals surface area contributed by atoms with Crippen LogP contribution in [0, 0.1) is 11.3 Å². The van der Waals surface area contributed by atoms with Gasteiger partial charge in [0.15, 0.2) is 11.5 Å². The molecule has 1 aliphatic carbocycles. The van der Waals surface area contributed by atoms with E-state index < -0.39 is 0 Å². The number of nitrogens with one attached hydrogen (secondary N) is 2. The number of anilines is 1. The zero-order valence-corrected chi connectivity index (χ0v) is 20.6. The minimum absolute atomic E-state index is 0.00496. The summed E-state index contributed by atoms with van der Waals surface area (Å²) in [6.07, 6.45) is 4.06. The van der Waals surface area contributed by atoms with Gasteiger partial charge in [-0.1, -0.05) is 27.2 Å². The summed E-state index contributed by atoms with van der Waals surface area (Å²) >= 11 is 5.30. The lowest BCUT2D eigenvalue weighted by molar-refractivity contribution is 0.0934. The smallest absolute Gasteiger partial charge is 0.256 e. The minimum atomic E-state index is -0.316. The standard InChI is InChI=1S/C23H29BrN2O3S/c1-6-23(2,3)13-7-8-14-17(11-13)30-22-18(14)21(27)25-20(26-22)12-9-15(24)19(29-5)16(10-12)28-4/h9-10,13,20,26H,6-8,11H2,1-5H3,(H,25,27)/t13-,20+/m1/s1. The van der Waals surface area contributed by atoms with E-state index >= 15 is 0 Å². The van der Waals surface area contributed by atoms with Gasteiger partial charge in [0.25, 0.3) is 5.91 Å². The number of halogens is 1. The highest BCUT2D eigenvalue weighted by molar-refractivity contribution is 9.10. The molecule has 2 heterocycles. The molecule has 0 bridgehead atoms. The third-order valence-electron chi connectivity index (χ3n) is 6.85. The molecule has 30 heavy (non-hydrogen) atoms. The van der Waals surface area contributed by atoms with E-state index in [1.807, 2.05) is 12.1 Å². The van der Waals surface area contributed by atoms with Crippen LogP contribution in [0.4, 0.5) is 5.00 Å². The molecule has 162 valence electrons. The summed E-state index contributed by atoms with van der Waals surface area (Å²) in [6, 6.07) is 3.86. The SMILES string of the molecule is CCC(C)(C)[C@@H]1CCc2c(sc3c2C(=O)N[C@H](c2cc(Br)c(OC)c(OC)c2)N3)C1. The second kappa shape index (κ2) is 8.08. The number of fused-ring (bicyclic) bond motifs is 3. The zero-order chi connectivity index (χ0) is 21.6. The number of ether oxygens (including phenoxy) is 2. The summed E-state index contributed by atoms with van der Waals surface area (Å²) in [4.78, 5) is 14.5. The highest BCUT2D eigenvalue weighted by Crippen LogP contribution is 2.47. The van der Waals surface area contributed by atoms with Crippen molar-refractivity contribution in [2.75, 3.05) is 19.5 Å². The normalized spacial score (nSPS) is 20.7. The van der Waals surface area contributed by atoms with Gasteiger partial charge in [0.1, 0.15) is 11.2 Å². The van der Waals surface area contributed by atoms with E-state index in [1.165, 1.54) is 16.9 Å². The molecule has 1 aromatic heterocycles. The first kappa shape index (κ1) is 21.5. The number of hydrogen-bond acceptors (Lipinski definition) is 5. The van der Waals surface area contributed by atoms with Crippen LogP contribution in [0.15, 0.2) is 16.6 Å². The van der Waals surface area contributed by atoms with Crippen LogP contribution in [0.1, 0.15) is 66.1 Å². The fourth-order valence-electron chi connectivity index (χ4n) is 4.53. The molecule has 4 rings (SSSR count). The number of carbonyl (C=O) groups excluding carboxylic acids is 1. The number of amides is 1. The van der Waals surface area contributed by atoms with E-state index in [2.05, 4.69) is 47.3 Å². The third kappa shape index (κ3) is 3.60. The molecule has 0 saturated carbocycles. The van der Waals surface area contributed by atoms with E-state index in [4.69, 9.17) is 9.47 Å². The van der Waals surface area contributed by atoms with Gasteiger partial charge < -0.3 is 20.1 Å². The van der Waals surface area contributed by atoms with Crippen molar-refractivity contribution in [1.29, 1.82) is 0 Å². The molecule has 2 N–H and O–H groups in total. The number of carbonyl (C=O) groups is 1. The number of rotatable bonds is 5. The Labute approximate surface area is 190 Å². The summed E-state index contributed by atoms with van der Waals surface area (Å²) in [7, 11) is 3.22. The fourth-order valence-corrected chi connectivity index (χ4v) is 6.50. The second-order valence-corrected chi connectivity index (χ2v) is 10.7. The van der Waals surface area contributed by atoms with E-state index in [9.17, 15) is 4.79 Å². The molecule has 1 aliphatic heterocycles. The highest BCUT2D eigenvalue weighted by atomic mass is 79.9. The van der Waals surface area contributed by atoms with Crippen molar-refractivity contribution in [3.8, 4) is 11.5 Å². The molecule has 1 aromatic carbocycles. The van der Waals surface area contributed by atoms with Crippen LogP contribution >= 0.6 is 27.3 Å². The molecule has 1 amide bonds. The van der Waals surface area contributed by atoms with Crippen molar-refractivity contribution in [2.45, 2.75) is 52.6 Å². The maximum absolute atomic E-state index is 13.1. The average Bonchev–Trinajstić information content (AvgIpc) is 3.11. The quantitative estimate of drug-likeness (QED) is 0.543. The maximum atomic E-state index is 13.1. The van der Waals surface area contributed by atoms with Crippen LogP contribution in [0.5, 0.6) is 11.5 Å². The van der Waals surface area contributed by atoms with Gasteiger partial charge in [0, 0.05) is 4.88 Å². The Morgan fingerprint density at radius 1 is 1.23 bits per heavy atom. The van der Waals surface area contributed by atoms with Crippen LogP contribution < -0.4 is 20.1 Å². The van der Waals surface area contributed by atoms with Crippen LogP contribution in [0.2, 0.25) is 0 Å². The topological polar surface area (TPSA) is 59.6 Å². The Bertz CT molecular complexity index is 985. The lowest BCUT2D eigenvalue weighted by atomic mass is 9.69. The summed E-state index contributed by atoms with van der Waals surface area (Å²) in [6.45, 7) is 7.01. The Morgan fingerprint density at radius 2 is 2.00 bits per heavy atom. The predicted molar refractivity (Wildman–Crippen MR) is 125 cm³/mol. The van der Waals surface area contributed by atoms with Crippen molar-refractivity contribution in [1.82, 2.24) is 5.32 Å². The van der Waals surface area contributed by atoms with E-state index in [0.717, 1.165) is 39.9 Å². The molecule has 0 radical (unpaired) electrons. The van der Waals surface area contributed by atoms with Crippen LogP contribution in [-0.2, 0) is 12.8 Å². The van der Waals surface area contributed by atoms with Gasteiger partial charge in [0.05, 0.1) is 24.3 Å². The molecule has 0 fully saturated rings. The fraction of sp³-hybridized carbons (Fsp3) is 0.522. The predicted octanol–water partition coefficient (Wildman–Crippen LogP) is 5.92. The lowest BCUT2D eigenvalue weighted by Gasteiger charge is -2.36. The molecule has 7 heteroatoms. The highest BCUT2D eigenvalue weighted by Gasteiger charge is 2.37. The van der Waals surface area contributed by atoms with Crippen LogP contribution in [0.3, 0.4) is 0 Å². The summed E-state index contributed by atoms with van der Waals surface area (Å²) in [5, 5.41) is 7.67. The second-order valence-electron chi connectivity index (χ2n) is 8.78. The average molecular weight is 493 g/mol. The van der Waals surface area contributed by atoms with Crippen molar-refractivity contribution < 1.29 is 14.3 Å². The first-order valence-corrected chi connectivity index (χ1v) is 12.0. The van der Waals surface area contributed by atoms with Crippen LogP contribution in [0.25, 0.3) is 0 Å². The van der Waals surface area contributed by atoms with Crippen molar-refractivity contribution in [3.63, 3.8) is 0 Å². The molecule has 0 saturated heterocycles. The van der Waals surface area contributed by atoms with Gasteiger partial charge in [-0.2, -0.15) is 0 Å². The number of thiophene rings is 1. The van der Waals surface area contributed by atoms with Gasteiger partial charge in [-0.3, -0.25) is 4.79 Å². The van der Waals surface area contributed by atoms with E-state index in [0.29, 0.717) is 22.8 Å². The van der Waals surface area contributed by atoms with E-state index in [1.54, 1.807) is 25.6 Å². The summed E-state index contributed by atoms with van der Waals surface area (Å²) in [5.74, 6) is 1.93. The Balaban J connectivity index is 1.65. The third-order valence-corrected chi connectivity index (χ3v) is 8.62. The first-order valence-electron chi connectivity index (χ1n) is 10.4. The molecule has 2 aliphatic rings. The molecule has 0 spiro atoms. The number of hydrogen-bond donors (Lipinski definition) is 2. The Hall–Kier alpha value is -1.73. The monoisotopic (exact) mass is 492 g/mol. The summed E-state index contributed by atoms with van der Waals surface area (Å²) in [5.41, 5.74) is 3.33. The van der Waals surface area contributed by atoms with Crippen molar-refractivity contribution in [2.24, 2.45) is 11.3 Å². The zero-order valence-electron chi connectivity index (χ0n) is 18.1. The van der Waals surface area contributed by atoms with Crippen molar-refractivity contribution >= 4 is 38.2 Å². The van der Waals surface area contributed by atoms with Gasteiger partial charge in [-0.05, 0) is 69.8 Å². The molecule has 0 unspecified atom stereocenters. The maximum Gasteiger partial charge on any atom is 0.256 e. The molecular formula is C23H29BrN2O3S. The molecule has 2 aromatic rings. The van der Waals surface area contributed by atoms with Gasteiger partial charge >= 0.3 is 0 Å².